The lowest BCUT2D eigenvalue weighted by molar-refractivity contribution is 0.378. The fourth-order valence-corrected chi connectivity index (χ4v) is 2.09. The van der Waals surface area contributed by atoms with Gasteiger partial charge < -0.3 is 14.8 Å². The minimum atomic E-state index is 0.559. The van der Waals surface area contributed by atoms with E-state index in [1.54, 1.807) is 6.20 Å². The molecule has 0 unspecified atom stereocenters. The molecule has 0 radical (unpaired) electrons. The van der Waals surface area contributed by atoms with Gasteiger partial charge in [-0.2, -0.15) is 0 Å². The molecule has 0 saturated heterocycles. The smallest absolute Gasteiger partial charge is 0.156 e. The van der Waals surface area contributed by atoms with Crippen LogP contribution in [0.4, 0.5) is 0 Å². The van der Waals surface area contributed by atoms with Gasteiger partial charge in [0.15, 0.2) is 5.76 Å². The molecule has 3 aromatic rings. The van der Waals surface area contributed by atoms with Gasteiger partial charge in [-0.15, -0.1) is 0 Å². The van der Waals surface area contributed by atoms with Crippen LogP contribution in [0.1, 0.15) is 11.3 Å². The monoisotopic (exact) mass is 227 g/mol. The molecule has 0 aliphatic heterocycles. The van der Waals surface area contributed by atoms with Crippen LogP contribution < -0.4 is 5.73 Å². The Labute approximate surface area is 98.6 Å². The summed E-state index contributed by atoms with van der Waals surface area (Å²) in [4.78, 5) is 0. The largest absolute Gasteiger partial charge is 0.359 e. The maximum Gasteiger partial charge on any atom is 0.156 e. The number of fused-ring (bicyclic) bond motifs is 1. The second-order valence-corrected chi connectivity index (χ2v) is 3.98. The summed E-state index contributed by atoms with van der Waals surface area (Å²) in [5.74, 6) is 0.848. The Balaban J connectivity index is 2.06. The van der Waals surface area contributed by atoms with E-state index in [4.69, 9.17) is 10.3 Å². The first-order valence-corrected chi connectivity index (χ1v) is 5.55. The Morgan fingerprint density at radius 2 is 2.18 bits per heavy atom. The lowest BCUT2D eigenvalue weighted by Crippen LogP contribution is -1.99. The van der Waals surface area contributed by atoms with Crippen LogP contribution in [-0.2, 0) is 13.1 Å². The molecular weight excluding hydrogens is 214 g/mol. The molecule has 0 fully saturated rings. The zero-order valence-corrected chi connectivity index (χ0v) is 9.34. The topological polar surface area (TPSA) is 57.0 Å². The van der Waals surface area contributed by atoms with E-state index < -0.39 is 0 Å². The predicted molar refractivity (Wildman–Crippen MR) is 65.4 cm³/mol. The highest BCUT2D eigenvalue weighted by Gasteiger charge is 2.06. The summed E-state index contributed by atoms with van der Waals surface area (Å²) in [5.41, 5.74) is 8.06. The Morgan fingerprint density at radius 1 is 1.24 bits per heavy atom. The standard InChI is InChI=1S/C13H13N3O/c14-8-10-2-1-3-13-12(10)5-7-16(13)9-11-4-6-15-17-11/h1-7H,8-9,14H2. The Hall–Kier alpha value is -2.07. The van der Waals surface area contributed by atoms with Crippen LogP contribution in [0, 0.1) is 0 Å². The number of benzene rings is 1. The van der Waals surface area contributed by atoms with Gasteiger partial charge >= 0.3 is 0 Å². The summed E-state index contributed by atoms with van der Waals surface area (Å²) >= 11 is 0. The molecule has 2 aromatic heterocycles. The van der Waals surface area contributed by atoms with Crippen LogP contribution in [0.15, 0.2) is 47.2 Å². The average Bonchev–Trinajstić information content (AvgIpc) is 2.99. The highest BCUT2D eigenvalue weighted by atomic mass is 16.5. The zero-order chi connectivity index (χ0) is 11.7. The molecule has 4 heteroatoms. The van der Waals surface area contributed by atoms with Gasteiger partial charge in [0.05, 0.1) is 12.7 Å². The third-order valence-corrected chi connectivity index (χ3v) is 2.94. The second kappa shape index (κ2) is 4.07. The molecule has 0 aliphatic rings. The van der Waals surface area contributed by atoms with Crippen molar-refractivity contribution in [3.8, 4) is 0 Å². The van der Waals surface area contributed by atoms with Gasteiger partial charge in [0.2, 0.25) is 0 Å². The minimum absolute atomic E-state index is 0.559. The average molecular weight is 227 g/mol. The summed E-state index contributed by atoms with van der Waals surface area (Å²) in [6.45, 7) is 1.25. The fourth-order valence-electron chi connectivity index (χ4n) is 2.09. The molecular formula is C13H13N3O. The highest BCUT2D eigenvalue weighted by molar-refractivity contribution is 5.83. The van der Waals surface area contributed by atoms with E-state index in [0.29, 0.717) is 13.1 Å². The summed E-state index contributed by atoms with van der Waals surface area (Å²) in [6, 6.07) is 10.1. The Morgan fingerprint density at radius 3 is 2.94 bits per heavy atom. The molecule has 1 aromatic carbocycles. The quantitative estimate of drug-likeness (QED) is 0.745. The number of nitrogens with two attached hydrogens (primary N) is 1. The van der Waals surface area contributed by atoms with E-state index in [1.165, 1.54) is 16.5 Å². The summed E-state index contributed by atoms with van der Waals surface area (Å²) < 4.78 is 7.25. The van der Waals surface area contributed by atoms with Crippen LogP contribution in [0.5, 0.6) is 0 Å². The number of hydrogen-bond donors (Lipinski definition) is 1. The van der Waals surface area contributed by atoms with E-state index in [1.807, 2.05) is 18.3 Å². The van der Waals surface area contributed by atoms with E-state index >= 15 is 0 Å². The summed E-state index contributed by atoms with van der Waals surface area (Å²) in [5, 5.41) is 4.91. The van der Waals surface area contributed by atoms with Gasteiger partial charge in [0.25, 0.3) is 0 Å². The number of rotatable bonds is 3. The van der Waals surface area contributed by atoms with Crippen molar-refractivity contribution in [2.24, 2.45) is 5.73 Å². The molecule has 0 amide bonds. The fraction of sp³-hybridized carbons (Fsp3) is 0.154. The predicted octanol–water partition coefficient (Wildman–Crippen LogP) is 2.14. The molecule has 2 heterocycles. The van der Waals surface area contributed by atoms with Gasteiger partial charge in [0.1, 0.15) is 0 Å². The van der Waals surface area contributed by atoms with E-state index in [0.717, 1.165) is 5.76 Å². The van der Waals surface area contributed by atoms with Crippen molar-refractivity contribution >= 4 is 10.9 Å². The van der Waals surface area contributed by atoms with E-state index in [9.17, 15) is 0 Å². The molecule has 4 nitrogen and oxygen atoms in total. The summed E-state index contributed by atoms with van der Waals surface area (Å²) in [7, 11) is 0. The first-order chi connectivity index (χ1) is 8.38. The third-order valence-electron chi connectivity index (χ3n) is 2.94. The first-order valence-electron chi connectivity index (χ1n) is 5.55. The number of hydrogen-bond acceptors (Lipinski definition) is 3. The molecule has 0 spiro atoms. The first kappa shape index (κ1) is 10.1. The lowest BCUT2D eigenvalue weighted by Gasteiger charge is -2.04. The van der Waals surface area contributed by atoms with E-state index in [-0.39, 0.29) is 0 Å². The van der Waals surface area contributed by atoms with Crippen molar-refractivity contribution < 1.29 is 4.52 Å². The van der Waals surface area contributed by atoms with Crippen molar-refractivity contribution in [2.45, 2.75) is 13.1 Å². The third kappa shape index (κ3) is 1.72. The number of aromatic nitrogens is 2. The van der Waals surface area contributed by atoms with Gasteiger partial charge in [-0.1, -0.05) is 17.3 Å². The lowest BCUT2D eigenvalue weighted by atomic mass is 10.1. The summed E-state index contributed by atoms with van der Waals surface area (Å²) in [6.07, 6.45) is 3.71. The number of nitrogens with zero attached hydrogens (tertiary/aromatic N) is 2. The molecule has 3 rings (SSSR count). The molecule has 86 valence electrons. The van der Waals surface area contributed by atoms with Gasteiger partial charge in [0, 0.05) is 29.7 Å². The van der Waals surface area contributed by atoms with Crippen LogP contribution in [0.3, 0.4) is 0 Å². The Kier molecular flexibility index (Phi) is 2.42. The van der Waals surface area contributed by atoms with Crippen LogP contribution >= 0.6 is 0 Å². The molecule has 2 N–H and O–H groups in total. The van der Waals surface area contributed by atoms with Crippen molar-refractivity contribution in [3.05, 3.63) is 54.0 Å². The highest BCUT2D eigenvalue weighted by Crippen LogP contribution is 2.20. The molecule has 0 saturated carbocycles. The van der Waals surface area contributed by atoms with E-state index in [2.05, 4.69) is 27.9 Å². The van der Waals surface area contributed by atoms with Crippen molar-refractivity contribution in [1.82, 2.24) is 9.72 Å². The van der Waals surface area contributed by atoms with Gasteiger partial charge in [-0.05, 0) is 17.7 Å². The zero-order valence-electron chi connectivity index (χ0n) is 9.34. The van der Waals surface area contributed by atoms with Crippen molar-refractivity contribution in [2.75, 3.05) is 0 Å². The van der Waals surface area contributed by atoms with Crippen LogP contribution in [0.25, 0.3) is 10.9 Å². The van der Waals surface area contributed by atoms with Gasteiger partial charge in [-0.3, -0.25) is 0 Å². The molecule has 0 bridgehead atoms. The molecule has 0 aliphatic carbocycles. The van der Waals surface area contributed by atoms with Gasteiger partial charge in [-0.25, -0.2) is 0 Å². The molecule has 0 atom stereocenters. The van der Waals surface area contributed by atoms with Crippen LogP contribution in [-0.4, -0.2) is 9.72 Å². The SMILES string of the molecule is NCc1cccc2c1ccn2Cc1ccno1. The maximum atomic E-state index is 5.72. The van der Waals surface area contributed by atoms with Crippen LogP contribution in [0.2, 0.25) is 0 Å². The Bertz CT molecular complexity index is 625. The maximum absolute atomic E-state index is 5.72. The molecule has 17 heavy (non-hydrogen) atoms. The minimum Gasteiger partial charge on any atom is -0.359 e. The van der Waals surface area contributed by atoms with Crippen molar-refractivity contribution in [1.29, 1.82) is 0 Å². The normalized spacial score (nSPS) is 11.1. The second-order valence-electron chi connectivity index (χ2n) is 3.98. The van der Waals surface area contributed by atoms with Crippen molar-refractivity contribution in [3.63, 3.8) is 0 Å².